The second kappa shape index (κ2) is 11.2. The average Bonchev–Trinajstić information content (AvgIpc) is 3.06. The van der Waals surface area contributed by atoms with Gasteiger partial charge in [-0.25, -0.2) is 0 Å². The maximum atomic E-state index is 12.6. The molecular weight excluding hydrogens is 432 g/mol. The summed E-state index contributed by atoms with van der Waals surface area (Å²) in [6.45, 7) is 0.328. The zero-order valence-corrected chi connectivity index (χ0v) is 18.1. The van der Waals surface area contributed by atoms with Crippen LogP contribution in [0.15, 0.2) is 71.9 Å². The topological polar surface area (TPSA) is 91.4 Å². The van der Waals surface area contributed by atoms with Crippen LogP contribution in [0, 0.1) is 0 Å². The minimum Gasteiger partial charge on any atom is -0.293 e. The van der Waals surface area contributed by atoms with Crippen LogP contribution >= 0.6 is 24.0 Å². The van der Waals surface area contributed by atoms with Crippen molar-refractivity contribution in [1.29, 1.82) is 0 Å². The highest BCUT2D eigenvalue weighted by molar-refractivity contribution is 8.26. The van der Waals surface area contributed by atoms with Gasteiger partial charge >= 0.3 is 0 Å². The van der Waals surface area contributed by atoms with E-state index >= 15 is 0 Å². The first kappa shape index (κ1) is 22.4. The first-order chi connectivity index (χ1) is 15.0. The zero-order valence-electron chi connectivity index (χ0n) is 16.5. The van der Waals surface area contributed by atoms with Gasteiger partial charge < -0.3 is 0 Å². The lowest BCUT2D eigenvalue weighted by Crippen LogP contribution is -2.42. The lowest BCUT2D eigenvalue weighted by atomic mass is 10.2. The van der Waals surface area contributed by atoms with E-state index in [-0.39, 0.29) is 18.2 Å². The van der Waals surface area contributed by atoms with Crippen LogP contribution in [0.5, 0.6) is 0 Å². The zero-order chi connectivity index (χ0) is 22.1. The van der Waals surface area contributed by atoms with Crippen molar-refractivity contribution in [3.8, 4) is 0 Å². The summed E-state index contributed by atoms with van der Waals surface area (Å²) in [6, 6.07) is 13.0. The number of amides is 3. The van der Waals surface area contributed by atoms with Crippen molar-refractivity contribution in [3.05, 3.63) is 83.0 Å². The van der Waals surface area contributed by atoms with Crippen molar-refractivity contribution in [2.24, 2.45) is 0 Å². The van der Waals surface area contributed by atoms with Crippen LogP contribution in [0.3, 0.4) is 0 Å². The molecule has 0 aliphatic carbocycles. The molecule has 1 aromatic heterocycles. The molecule has 0 bridgehead atoms. The standard InChI is InChI=1S/C22H20N4O3S2/c27-19(24-25-20(28)17-10-5-13-23-15-17)12-6-14-26-21(29)18(31-22(26)30)11-4-9-16-7-2-1-3-8-16/h1-5,7-11,13,15H,6,12,14H2,(H,24,27)(H,25,28)/b9-4+,18-11-. The Morgan fingerprint density at radius 3 is 2.68 bits per heavy atom. The van der Waals surface area contributed by atoms with Crippen LogP contribution in [0.1, 0.15) is 28.8 Å². The number of carbonyl (C=O) groups excluding carboxylic acids is 3. The number of aromatic nitrogens is 1. The molecule has 1 aromatic carbocycles. The van der Waals surface area contributed by atoms with E-state index in [1.54, 1.807) is 24.4 Å². The molecule has 3 rings (SSSR count). The van der Waals surface area contributed by atoms with Crippen molar-refractivity contribution in [3.63, 3.8) is 0 Å². The van der Waals surface area contributed by atoms with E-state index in [1.807, 2.05) is 42.5 Å². The third kappa shape index (κ3) is 6.59. The fraction of sp³-hybridized carbons (Fsp3) is 0.136. The first-order valence-corrected chi connectivity index (χ1v) is 10.7. The lowest BCUT2D eigenvalue weighted by Gasteiger charge is -2.14. The van der Waals surface area contributed by atoms with Gasteiger partial charge in [-0.1, -0.05) is 66.5 Å². The molecule has 1 aliphatic rings. The summed E-state index contributed by atoms with van der Waals surface area (Å²) in [5.74, 6) is -0.978. The summed E-state index contributed by atoms with van der Waals surface area (Å²) < 4.78 is 0.467. The van der Waals surface area contributed by atoms with Gasteiger partial charge in [-0.05, 0) is 30.2 Å². The molecule has 3 amide bonds. The van der Waals surface area contributed by atoms with Gasteiger partial charge in [0, 0.05) is 25.4 Å². The maximum Gasteiger partial charge on any atom is 0.271 e. The third-order valence-corrected chi connectivity index (χ3v) is 5.63. The molecule has 1 fully saturated rings. The number of nitrogens with zero attached hydrogens (tertiary/aromatic N) is 2. The number of rotatable bonds is 7. The van der Waals surface area contributed by atoms with E-state index in [1.165, 1.54) is 22.9 Å². The van der Waals surface area contributed by atoms with E-state index in [4.69, 9.17) is 12.2 Å². The summed E-state index contributed by atoms with van der Waals surface area (Å²) in [6.07, 6.45) is 8.98. The molecule has 31 heavy (non-hydrogen) atoms. The van der Waals surface area contributed by atoms with Gasteiger partial charge in [0.2, 0.25) is 5.91 Å². The number of carbonyl (C=O) groups is 3. The molecule has 0 radical (unpaired) electrons. The SMILES string of the molecule is O=C(CCCN1C(=O)/C(=C/C=C/c2ccccc2)SC1=S)NNC(=O)c1cccnc1. The minimum atomic E-state index is -0.452. The quantitative estimate of drug-likeness (QED) is 0.381. The second-order valence-corrected chi connectivity index (χ2v) is 8.15. The Bertz CT molecular complexity index is 1020. The predicted octanol–water partition coefficient (Wildman–Crippen LogP) is 3.08. The number of hydrogen-bond acceptors (Lipinski definition) is 6. The number of hydrogen-bond donors (Lipinski definition) is 2. The van der Waals surface area contributed by atoms with Crippen LogP contribution in [0.2, 0.25) is 0 Å². The van der Waals surface area contributed by atoms with Gasteiger partial charge in [-0.15, -0.1) is 0 Å². The van der Waals surface area contributed by atoms with Gasteiger partial charge in [0.25, 0.3) is 11.8 Å². The predicted molar refractivity (Wildman–Crippen MR) is 125 cm³/mol. The monoisotopic (exact) mass is 452 g/mol. The van der Waals surface area contributed by atoms with Crippen LogP contribution in [0.25, 0.3) is 6.08 Å². The largest absolute Gasteiger partial charge is 0.293 e. The smallest absolute Gasteiger partial charge is 0.271 e. The number of hydrazine groups is 1. The molecular formula is C22H20N4O3S2. The first-order valence-electron chi connectivity index (χ1n) is 9.51. The third-order valence-electron chi connectivity index (χ3n) is 4.23. The molecule has 0 saturated carbocycles. The number of thioether (sulfide) groups is 1. The van der Waals surface area contributed by atoms with Crippen molar-refractivity contribution >= 4 is 52.1 Å². The number of nitrogens with one attached hydrogen (secondary N) is 2. The Balaban J connectivity index is 1.42. The summed E-state index contributed by atoms with van der Waals surface area (Å²) in [5.41, 5.74) is 6.06. The molecule has 7 nitrogen and oxygen atoms in total. The number of pyridine rings is 1. The molecule has 158 valence electrons. The van der Waals surface area contributed by atoms with Gasteiger partial charge in [-0.2, -0.15) is 0 Å². The van der Waals surface area contributed by atoms with E-state index in [2.05, 4.69) is 15.8 Å². The van der Waals surface area contributed by atoms with Gasteiger partial charge in [-0.3, -0.25) is 35.1 Å². The molecule has 2 N–H and O–H groups in total. The van der Waals surface area contributed by atoms with Crippen molar-refractivity contribution in [2.75, 3.05) is 6.54 Å². The van der Waals surface area contributed by atoms with Crippen LogP contribution in [-0.4, -0.2) is 38.5 Å². The molecule has 1 aliphatic heterocycles. The molecule has 2 heterocycles. The highest BCUT2D eigenvalue weighted by Crippen LogP contribution is 2.31. The lowest BCUT2D eigenvalue weighted by molar-refractivity contribution is -0.124. The Hall–Kier alpha value is -3.30. The highest BCUT2D eigenvalue weighted by Gasteiger charge is 2.31. The summed E-state index contributed by atoms with van der Waals surface area (Å²) in [7, 11) is 0. The summed E-state index contributed by atoms with van der Waals surface area (Å²) in [5, 5.41) is 0. The highest BCUT2D eigenvalue weighted by atomic mass is 32.2. The molecule has 0 unspecified atom stereocenters. The Labute approximate surface area is 189 Å². The molecule has 9 heteroatoms. The number of benzene rings is 1. The molecule has 0 spiro atoms. The minimum absolute atomic E-state index is 0.136. The van der Waals surface area contributed by atoms with Crippen LogP contribution in [0.4, 0.5) is 0 Å². The van der Waals surface area contributed by atoms with Crippen molar-refractivity contribution in [1.82, 2.24) is 20.7 Å². The Kier molecular flexibility index (Phi) is 8.08. The van der Waals surface area contributed by atoms with Crippen LogP contribution in [-0.2, 0) is 9.59 Å². The van der Waals surface area contributed by atoms with Crippen LogP contribution < -0.4 is 10.9 Å². The molecule has 1 saturated heterocycles. The Morgan fingerprint density at radius 2 is 1.94 bits per heavy atom. The fourth-order valence-electron chi connectivity index (χ4n) is 2.67. The second-order valence-electron chi connectivity index (χ2n) is 6.47. The number of thiocarbonyl (C=S) groups is 1. The van der Waals surface area contributed by atoms with Gasteiger partial charge in [0.05, 0.1) is 10.5 Å². The van der Waals surface area contributed by atoms with Gasteiger partial charge in [0.1, 0.15) is 4.32 Å². The van der Waals surface area contributed by atoms with Gasteiger partial charge in [0.15, 0.2) is 0 Å². The van der Waals surface area contributed by atoms with E-state index in [0.717, 1.165) is 5.56 Å². The average molecular weight is 453 g/mol. The normalized spacial score (nSPS) is 15.0. The van der Waals surface area contributed by atoms with Crippen molar-refractivity contribution < 1.29 is 14.4 Å². The number of allylic oxidation sites excluding steroid dienone is 2. The van der Waals surface area contributed by atoms with E-state index in [9.17, 15) is 14.4 Å². The van der Waals surface area contributed by atoms with Crippen molar-refractivity contribution in [2.45, 2.75) is 12.8 Å². The molecule has 0 atom stereocenters. The summed E-state index contributed by atoms with van der Waals surface area (Å²) >= 11 is 6.54. The van der Waals surface area contributed by atoms with E-state index in [0.29, 0.717) is 27.8 Å². The Morgan fingerprint density at radius 1 is 1.13 bits per heavy atom. The fourth-order valence-corrected chi connectivity index (χ4v) is 3.93. The maximum absolute atomic E-state index is 12.6. The summed E-state index contributed by atoms with van der Waals surface area (Å²) in [4.78, 5) is 42.3. The molecule has 2 aromatic rings. The van der Waals surface area contributed by atoms with E-state index < -0.39 is 5.91 Å².